The van der Waals surface area contributed by atoms with E-state index in [-0.39, 0.29) is 5.91 Å². The lowest BCUT2D eigenvalue weighted by Gasteiger charge is -2.36. The number of hydrogen-bond donors (Lipinski definition) is 1. The molecule has 0 aromatic rings. The first-order chi connectivity index (χ1) is 6.70. The van der Waals surface area contributed by atoms with Gasteiger partial charge in [0, 0.05) is 18.1 Å². The minimum Gasteiger partial charge on any atom is -0.350 e. The highest BCUT2D eigenvalue weighted by molar-refractivity contribution is 5.87. The second-order valence-corrected chi connectivity index (χ2v) is 4.43. The predicted octanol–water partition coefficient (Wildman–Crippen LogP) is 0.914. The number of nitrogens with zero attached hydrogens (tertiary/aromatic N) is 1. The third kappa shape index (κ3) is 1.69. The molecule has 2 fully saturated rings. The molecule has 2 atom stereocenters. The van der Waals surface area contributed by atoms with Crippen LogP contribution >= 0.6 is 0 Å². The van der Waals surface area contributed by atoms with Crippen LogP contribution in [0.2, 0.25) is 0 Å². The van der Waals surface area contributed by atoms with Gasteiger partial charge in [-0.05, 0) is 38.8 Å². The van der Waals surface area contributed by atoms with E-state index in [1.54, 1.807) is 0 Å². The van der Waals surface area contributed by atoms with Gasteiger partial charge >= 0.3 is 0 Å². The first-order valence-corrected chi connectivity index (χ1v) is 5.35. The minimum absolute atomic E-state index is 0.0287. The molecule has 2 rings (SSSR count). The van der Waals surface area contributed by atoms with E-state index >= 15 is 0 Å². The van der Waals surface area contributed by atoms with Crippen molar-refractivity contribution in [2.24, 2.45) is 0 Å². The topological polar surface area (TPSA) is 32.3 Å². The monoisotopic (exact) mass is 194 g/mol. The predicted molar refractivity (Wildman–Crippen MR) is 55.9 cm³/mol. The molecule has 2 heterocycles. The van der Waals surface area contributed by atoms with Crippen molar-refractivity contribution in [2.45, 2.75) is 43.8 Å². The van der Waals surface area contributed by atoms with Gasteiger partial charge in [-0.1, -0.05) is 6.58 Å². The first kappa shape index (κ1) is 9.71. The van der Waals surface area contributed by atoms with Crippen LogP contribution < -0.4 is 5.32 Å². The number of rotatable bonds is 2. The van der Waals surface area contributed by atoms with Gasteiger partial charge in [-0.3, -0.25) is 4.79 Å². The molecular formula is C11H18N2O. The standard InChI is InChI=1S/C11H18N2O/c1-3-11(14)12-8-6-9-4-5-10(7-8)13(9)2/h3,8-10H,1,4-7H2,2H3,(H,12,14). The van der Waals surface area contributed by atoms with Crippen molar-refractivity contribution >= 4 is 5.91 Å². The average molecular weight is 194 g/mol. The van der Waals surface area contributed by atoms with Crippen LogP contribution in [0.4, 0.5) is 0 Å². The second kappa shape index (κ2) is 3.73. The Kier molecular flexibility index (Phi) is 2.59. The molecule has 78 valence electrons. The number of hydrogen-bond acceptors (Lipinski definition) is 2. The number of piperidine rings is 1. The van der Waals surface area contributed by atoms with Crippen molar-refractivity contribution < 1.29 is 4.79 Å². The fourth-order valence-electron chi connectivity index (χ4n) is 2.79. The summed E-state index contributed by atoms with van der Waals surface area (Å²) in [6, 6.07) is 1.74. The second-order valence-electron chi connectivity index (χ2n) is 4.43. The van der Waals surface area contributed by atoms with E-state index in [2.05, 4.69) is 23.8 Å². The largest absolute Gasteiger partial charge is 0.350 e. The van der Waals surface area contributed by atoms with E-state index in [0.29, 0.717) is 18.1 Å². The highest BCUT2D eigenvalue weighted by Gasteiger charge is 2.38. The van der Waals surface area contributed by atoms with Crippen molar-refractivity contribution in [3.05, 3.63) is 12.7 Å². The molecule has 3 nitrogen and oxygen atoms in total. The molecule has 2 saturated heterocycles. The lowest BCUT2D eigenvalue weighted by molar-refractivity contribution is -0.117. The van der Waals surface area contributed by atoms with E-state index in [1.807, 2.05) is 0 Å². The van der Waals surface area contributed by atoms with Gasteiger partial charge in [0.25, 0.3) is 0 Å². The molecular weight excluding hydrogens is 176 g/mol. The Morgan fingerprint density at radius 2 is 2.00 bits per heavy atom. The molecule has 0 saturated carbocycles. The first-order valence-electron chi connectivity index (χ1n) is 5.35. The Hall–Kier alpha value is -0.830. The van der Waals surface area contributed by atoms with Gasteiger partial charge in [0.05, 0.1) is 0 Å². The SMILES string of the molecule is C=CC(=O)NC1CC2CCC(C1)N2C. The van der Waals surface area contributed by atoms with Crippen LogP contribution in [-0.2, 0) is 4.79 Å². The maximum absolute atomic E-state index is 11.2. The smallest absolute Gasteiger partial charge is 0.243 e. The molecule has 0 aliphatic carbocycles. The highest BCUT2D eigenvalue weighted by atomic mass is 16.1. The highest BCUT2D eigenvalue weighted by Crippen LogP contribution is 2.34. The summed E-state index contributed by atoms with van der Waals surface area (Å²) in [6.45, 7) is 3.47. The van der Waals surface area contributed by atoms with Crippen molar-refractivity contribution in [3.63, 3.8) is 0 Å². The van der Waals surface area contributed by atoms with Crippen molar-refractivity contribution in [1.82, 2.24) is 10.2 Å². The molecule has 2 bridgehead atoms. The molecule has 2 aliphatic heterocycles. The van der Waals surface area contributed by atoms with E-state index in [0.717, 1.165) is 12.8 Å². The molecule has 0 spiro atoms. The Balaban J connectivity index is 1.93. The zero-order valence-corrected chi connectivity index (χ0v) is 8.70. The quantitative estimate of drug-likeness (QED) is 0.663. The van der Waals surface area contributed by atoms with Crippen LogP contribution in [0.25, 0.3) is 0 Å². The average Bonchev–Trinajstić information content (AvgIpc) is 2.42. The summed E-state index contributed by atoms with van der Waals surface area (Å²) in [5.41, 5.74) is 0. The lowest BCUT2D eigenvalue weighted by atomic mass is 9.98. The molecule has 14 heavy (non-hydrogen) atoms. The summed E-state index contributed by atoms with van der Waals surface area (Å²) in [5.74, 6) is -0.0287. The van der Waals surface area contributed by atoms with E-state index in [9.17, 15) is 4.79 Å². The van der Waals surface area contributed by atoms with Gasteiger partial charge in [-0.2, -0.15) is 0 Å². The van der Waals surface area contributed by atoms with Gasteiger partial charge in [-0.15, -0.1) is 0 Å². The number of fused-ring (bicyclic) bond motifs is 2. The number of amides is 1. The van der Waals surface area contributed by atoms with Gasteiger partial charge in [0.2, 0.25) is 5.91 Å². The Morgan fingerprint density at radius 1 is 1.43 bits per heavy atom. The van der Waals surface area contributed by atoms with Crippen LogP contribution in [0, 0.1) is 0 Å². The summed E-state index contributed by atoms with van der Waals surface area (Å²) in [7, 11) is 2.20. The summed E-state index contributed by atoms with van der Waals surface area (Å²) in [4.78, 5) is 13.6. The maximum Gasteiger partial charge on any atom is 0.243 e. The fraction of sp³-hybridized carbons (Fsp3) is 0.727. The summed E-state index contributed by atoms with van der Waals surface area (Å²) >= 11 is 0. The van der Waals surface area contributed by atoms with Crippen molar-refractivity contribution in [1.29, 1.82) is 0 Å². The van der Waals surface area contributed by atoms with Crippen LogP contribution in [-0.4, -0.2) is 36.0 Å². The summed E-state index contributed by atoms with van der Waals surface area (Å²) in [5, 5.41) is 3.01. The molecule has 1 amide bonds. The molecule has 2 aliphatic rings. The van der Waals surface area contributed by atoms with E-state index < -0.39 is 0 Å². The number of carbonyl (C=O) groups is 1. The van der Waals surface area contributed by atoms with Crippen LogP contribution in [0.1, 0.15) is 25.7 Å². The Morgan fingerprint density at radius 3 is 2.50 bits per heavy atom. The normalized spacial score (nSPS) is 36.8. The van der Waals surface area contributed by atoms with Crippen molar-refractivity contribution in [2.75, 3.05) is 7.05 Å². The zero-order valence-electron chi connectivity index (χ0n) is 8.70. The zero-order chi connectivity index (χ0) is 10.1. The van der Waals surface area contributed by atoms with Crippen LogP contribution in [0.3, 0.4) is 0 Å². The molecule has 2 unspecified atom stereocenters. The molecule has 1 N–H and O–H groups in total. The maximum atomic E-state index is 11.2. The summed E-state index contributed by atoms with van der Waals surface area (Å²) in [6.07, 6.45) is 6.16. The van der Waals surface area contributed by atoms with Gasteiger partial charge < -0.3 is 10.2 Å². The van der Waals surface area contributed by atoms with Crippen molar-refractivity contribution in [3.8, 4) is 0 Å². The molecule has 0 aromatic carbocycles. The third-order valence-electron chi connectivity index (χ3n) is 3.63. The third-order valence-corrected chi connectivity index (χ3v) is 3.63. The molecule has 0 aromatic heterocycles. The molecule has 3 heteroatoms. The lowest BCUT2D eigenvalue weighted by Crippen LogP contribution is -2.48. The number of nitrogens with one attached hydrogen (secondary N) is 1. The Bertz CT molecular complexity index is 238. The van der Waals surface area contributed by atoms with Gasteiger partial charge in [0.1, 0.15) is 0 Å². The molecule has 0 radical (unpaired) electrons. The Labute approximate surface area is 85.2 Å². The van der Waals surface area contributed by atoms with Crippen LogP contribution in [0.5, 0.6) is 0 Å². The van der Waals surface area contributed by atoms with E-state index in [4.69, 9.17) is 0 Å². The minimum atomic E-state index is -0.0287. The number of carbonyl (C=O) groups excluding carboxylic acids is 1. The van der Waals surface area contributed by atoms with Crippen LogP contribution in [0.15, 0.2) is 12.7 Å². The van der Waals surface area contributed by atoms with E-state index in [1.165, 1.54) is 18.9 Å². The van der Waals surface area contributed by atoms with Gasteiger partial charge in [0.15, 0.2) is 0 Å². The van der Waals surface area contributed by atoms with Gasteiger partial charge in [-0.25, -0.2) is 0 Å². The summed E-state index contributed by atoms with van der Waals surface area (Å²) < 4.78 is 0. The fourth-order valence-corrected chi connectivity index (χ4v) is 2.79.